The minimum atomic E-state index is -0.950. The number of nitro groups is 1. The normalized spacial score (nSPS) is 13.9. The van der Waals surface area contributed by atoms with Crippen molar-refractivity contribution in [2.45, 2.75) is 32.0 Å². The number of carboxylic acid groups (broad SMARTS) is 1. The largest absolute Gasteiger partial charge is 0.478 e. The lowest BCUT2D eigenvalue weighted by Gasteiger charge is -2.22. The monoisotopic (exact) mass is 326 g/mol. The molecule has 0 aliphatic heterocycles. The number of hydrogen-bond donors (Lipinski definition) is 1. The van der Waals surface area contributed by atoms with Gasteiger partial charge in [-0.05, 0) is 30.5 Å². The molecule has 0 unspecified atom stereocenters. The second-order valence-electron chi connectivity index (χ2n) is 6.03. The molecule has 0 saturated heterocycles. The fourth-order valence-electron chi connectivity index (χ4n) is 2.83. The van der Waals surface area contributed by atoms with Gasteiger partial charge in [0, 0.05) is 30.8 Å². The standard InChI is InChI=1S/C18H18N2O4/c21-18(22)14-6-3-4-13(10-14)11-19(16-8-9-16)12-15-5-1-2-7-17(15)20(23)24/h1-7,10,16H,8-9,11-12H2,(H,21,22). The lowest BCUT2D eigenvalue weighted by atomic mass is 10.1. The van der Waals surface area contributed by atoms with Gasteiger partial charge in [0.05, 0.1) is 10.5 Å². The summed E-state index contributed by atoms with van der Waals surface area (Å²) in [6, 6.07) is 14.0. The number of carbonyl (C=O) groups is 1. The summed E-state index contributed by atoms with van der Waals surface area (Å²) in [6.45, 7) is 1.07. The molecule has 1 aliphatic rings. The number of nitro benzene ring substituents is 1. The van der Waals surface area contributed by atoms with Crippen molar-refractivity contribution in [1.29, 1.82) is 0 Å². The van der Waals surface area contributed by atoms with Gasteiger partial charge in [0.2, 0.25) is 0 Å². The first-order valence-electron chi connectivity index (χ1n) is 7.83. The first kappa shape index (κ1) is 16.1. The Morgan fingerprint density at radius 3 is 2.58 bits per heavy atom. The van der Waals surface area contributed by atoms with Crippen molar-refractivity contribution >= 4 is 11.7 Å². The first-order chi connectivity index (χ1) is 11.5. The molecule has 124 valence electrons. The van der Waals surface area contributed by atoms with Gasteiger partial charge in [0.15, 0.2) is 0 Å². The number of para-hydroxylation sites is 1. The SMILES string of the molecule is O=C(O)c1cccc(CN(Cc2ccccc2[N+](=O)[O-])C2CC2)c1. The number of carboxylic acids is 1. The third kappa shape index (κ3) is 3.78. The van der Waals surface area contributed by atoms with Crippen LogP contribution in [0.4, 0.5) is 5.69 Å². The molecule has 6 nitrogen and oxygen atoms in total. The average Bonchev–Trinajstić information content (AvgIpc) is 3.39. The van der Waals surface area contributed by atoms with E-state index in [1.807, 2.05) is 6.07 Å². The molecule has 2 aromatic carbocycles. The third-order valence-corrected chi connectivity index (χ3v) is 4.18. The van der Waals surface area contributed by atoms with Crippen LogP contribution >= 0.6 is 0 Å². The predicted octanol–water partition coefficient (Wildman–Crippen LogP) is 3.46. The van der Waals surface area contributed by atoms with Crippen molar-refractivity contribution in [1.82, 2.24) is 4.90 Å². The summed E-state index contributed by atoms with van der Waals surface area (Å²) in [5.74, 6) is -0.950. The Morgan fingerprint density at radius 1 is 1.17 bits per heavy atom. The van der Waals surface area contributed by atoms with Gasteiger partial charge < -0.3 is 5.11 Å². The second kappa shape index (κ2) is 6.80. The van der Waals surface area contributed by atoms with Crippen LogP contribution in [0.1, 0.15) is 34.3 Å². The summed E-state index contributed by atoms with van der Waals surface area (Å²) in [5, 5.41) is 20.3. The van der Waals surface area contributed by atoms with E-state index in [2.05, 4.69) is 4.90 Å². The van der Waals surface area contributed by atoms with E-state index in [4.69, 9.17) is 5.11 Å². The Labute approximate surface area is 139 Å². The van der Waals surface area contributed by atoms with E-state index < -0.39 is 5.97 Å². The van der Waals surface area contributed by atoms with Crippen molar-refractivity contribution in [3.05, 3.63) is 75.3 Å². The fourth-order valence-corrected chi connectivity index (χ4v) is 2.83. The molecule has 1 fully saturated rings. The Morgan fingerprint density at radius 2 is 1.92 bits per heavy atom. The average molecular weight is 326 g/mol. The molecule has 0 radical (unpaired) electrons. The van der Waals surface area contributed by atoms with Crippen molar-refractivity contribution in [3.63, 3.8) is 0 Å². The van der Waals surface area contributed by atoms with Crippen LogP contribution in [0.25, 0.3) is 0 Å². The minimum absolute atomic E-state index is 0.127. The summed E-state index contributed by atoms with van der Waals surface area (Å²) < 4.78 is 0. The van der Waals surface area contributed by atoms with Crippen LogP contribution in [0, 0.1) is 10.1 Å². The summed E-state index contributed by atoms with van der Waals surface area (Å²) in [4.78, 5) is 24.1. The Bertz CT molecular complexity index is 771. The Balaban J connectivity index is 1.80. The molecule has 0 bridgehead atoms. The zero-order chi connectivity index (χ0) is 17.1. The van der Waals surface area contributed by atoms with E-state index in [-0.39, 0.29) is 16.2 Å². The van der Waals surface area contributed by atoms with Gasteiger partial charge in [-0.1, -0.05) is 30.3 Å². The summed E-state index contributed by atoms with van der Waals surface area (Å²) in [5.41, 5.74) is 1.97. The molecule has 1 N–H and O–H groups in total. The Kier molecular flexibility index (Phi) is 4.57. The smallest absolute Gasteiger partial charge is 0.335 e. The van der Waals surface area contributed by atoms with E-state index in [0.717, 1.165) is 18.4 Å². The first-order valence-corrected chi connectivity index (χ1v) is 7.83. The predicted molar refractivity (Wildman–Crippen MR) is 88.8 cm³/mol. The van der Waals surface area contributed by atoms with Gasteiger partial charge in [-0.3, -0.25) is 15.0 Å². The van der Waals surface area contributed by atoms with Crippen molar-refractivity contribution < 1.29 is 14.8 Å². The number of aromatic carboxylic acids is 1. The van der Waals surface area contributed by atoms with Crippen LogP contribution < -0.4 is 0 Å². The van der Waals surface area contributed by atoms with Crippen molar-refractivity contribution in [2.75, 3.05) is 0 Å². The molecular weight excluding hydrogens is 308 g/mol. The third-order valence-electron chi connectivity index (χ3n) is 4.18. The molecule has 0 atom stereocenters. The second-order valence-corrected chi connectivity index (χ2v) is 6.03. The lowest BCUT2D eigenvalue weighted by Crippen LogP contribution is -2.25. The van der Waals surface area contributed by atoms with Crippen LogP contribution in [0.15, 0.2) is 48.5 Å². The van der Waals surface area contributed by atoms with Crippen molar-refractivity contribution in [3.8, 4) is 0 Å². The van der Waals surface area contributed by atoms with E-state index in [1.165, 1.54) is 6.07 Å². The molecule has 1 aliphatic carbocycles. The topological polar surface area (TPSA) is 83.7 Å². The van der Waals surface area contributed by atoms with Gasteiger partial charge in [0.25, 0.3) is 5.69 Å². The molecule has 6 heteroatoms. The number of rotatable bonds is 7. The number of nitrogens with zero attached hydrogens (tertiary/aromatic N) is 2. The highest BCUT2D eigenvalue weighted by Gasteiger charge is 2.30. The quantitative estimate of drug-likeness (QED) is 0.622. The molecule has 0 amide bonds. The van der Waals surface area contributed by atoms with E-state index >= 15 is 0 Å². The van der Waals surface area contributed by atoms with Crippen LogP contribution in [0.5, 0.6) is 0 Å². The van der Waals surface area contributed by atoms with Gasteiger partial charge in [-0.15, -0.1) is 0 Å². The van der Waals surface area contributed by atoms with Gasteiger partial charge in [-0.25, -0.2) is 4.79 Å². The number of hydrogen-bond acceptors (Lipinski definition) is 4. The van der Waals surface area contributed by atoms with Crippen LogP contribution in [0.3, 0.4) is 0 Å². The molecule has 0 aromatic heterocycles. The van der Waals surface area contributed by atoms with Gasteiger partial charge in [0.1, 0.15) is 0 Å². The highest BCUT2D eigenvalue weighted by atomic mass is 16.6. The highest BCUT2D eigenvalue weighted by molar-refractivity contribution is 5.87. The summed E-state index contributed by atoms with van der Waals surface area (Å²) in [7, 11) is 0. The molecule has 0 heterocycles. The van der Waals surface area contributed by atoms with E-state index in [9.17, 15) is 14.9 Å². The molecule has 1 saturated carbocycles. The molecular formula is C18H18N2O4. The highest BCUT2D eigenvalue weighted by Crippen LogP contribution is 2.31. The summed E-state index contributed by atoms with van der Waals surface area (Å²) >= 11 is 0. The van der Waals surface area contributed by atoms with E-state index in [0.29, 0.717) is 24.7 Å². The van der Waals surface area contributed by atoms with Crippen LogP contribution in [0.2, 0.25) is 0 Å². The van der Waals surface area contributed by atoms with E-state index in [1.54, 1.807) is 36.4 Å². The van der Waals surface area contributed by atoms with Crippen LogP contribution in [-0.2, 0) is 13.1 Å². The molecule has 3 rings (SSSR count). The zero-order valence-corrected chi connectivity index (χ0v) is 13.1. The fraction of sp³-hybridized carbons (Fsp3) is 0.278. The van der Waals surface area contributed by atoms with Gasteiger partial charge >= 0.3 is 5.97 Å². The Hall–Kier alpha value is -2.73. The maximum Gasteiger partial charge on any atom is 0.335 e. The molecule has 2 aromatic rings. The molecule has 0 spiro atoms. The molecule has 24 heavy (non-hydrogen) atoms. The lowest BCUT2D eigenvalue weighted by molar-refractivity contribution is -0.385. The maximum absolute atomic E-state index is 11.2. The zero-order valence-electron chi connectivity index (χ0n) is 13.1. The maximum atomic E-state index is 11.2. The van der Waals surface area contributed by atoms with Crippen molar-refractivity contribution in [2.24, 2.45) is 0 Å². The number of benzene rings is 2. The summed E-state index contributed by atoms with van der Waals surface area (Å²) in [6.07, 6.45) is 2.14. The minimum Gasteiger partial charge on any atom is -0.478 e. The van der Waals surface area contributed by atoms with Gasteiger partial charge in [-0.2, -0.15) is 0 Å². The van der Waals surface area contributed by atoms with Crippen LogP contribution in [-0.4, -0.2) is 26.9 Å².